The third kappa shape index (κ3) is 5.13. The quantitative estimate of drug-likeness (QED) is 0.330. The van der Waals surface area contributed by atoms with Gasteiger partial charge in [-0.1, -0.05) is 59.0 Å². The summed E-state index contributed by atoms with van der Waals surface area (Å²) in [5, 5.41) is 6.39. The molecule has 6 heteroatoms. The molecular weight excluding hydrogens is 463 g/mol. The Balaban J connectivity index is 1.88. The average molecular weight is 488 g/mol. The zero-order valence-electron chi connectivity index (χ0n) is 16.0. The molecule has 1 amide bonds. The second-order valence-electron chi connectivity index (χ2n) is 6.62. The van der Waals surface area contributed by atoms with Crippen molar-refractivity contribution < 1.29 is 4.79 Å². The zero-order valence-corrected chi connectivity index (χ0v) is 18.1. The van der Waals surface area contributed by atoms with Crippen LogP contribution in [-0.2, 0) is 11.2 Å². The van der Waals surface area contributed by atoms with Crippen LogP contribution in [0.2, 0.25) is 0 Å². The Morgan fingerprint density at radius 3 is 2.93 bits per heavy atom. The van der Waals surface area contributed by atoms with Crippen LogP contribution in [-0.4, -0.2) is 28.9 Å². The monoisotopic (exact) mass is 488 g/mol. The Morgan fingerprint density at radius 2 is 2.07 bits per heavy atom. The van der Waals surface area contributed by atoms with E-state index in [-0.39, 0.29) is 5.91 Å². The van der Waals surface area contributed by atoms with Gasteiger partial charge in [0.1, 0.15) is 0 Å². The lowest BCUT2D eigenvalue weighted by Gasteiger charge is -2.27. The molecule has 1 aromatic rings. The SMILES string of the molecule is CN(CCCCI)c1c(NC(=O)C2=C/C=C\C=C/C=C2)cnc2c1NC=CC2. The van der Waals surface area contributed by atoms with Crippen LogP contribution in [0, 0.1) is 0 Å². The fourth-order valence-corrected chi connectivity index (χ4v) is 3.65. The molecule has 0 saturated heterocycles. The van der Waals surface area contributed by atoms with Gasteiger partial charge in [0.25, 0.3) is 5.91 Å². The summed E-state index contributed by atoms with van der Waals surface area (Å²) in [4.78, 5) is 19.6. The molecule has 1 aliphatic carbocycles. The van der Waals surface area contributed by atoms with Crippen molar-refractivity contribution in [2.24, 2.45) is 0 Å². The molecule has 0 aromatic carbocycles. The predicted octanol–water partition coefficient (Wildman–Crippen LogP) is 4.76. The number of fused-ring (bicyclic) bond motifs is 1. The summed E-state index contributed by atoms with van der Waals surface area (Å²) < 4.78 is 1.15. The predicted molar refractivity (Wildman–Crippen MR) is 126 cm³/mol. The van der Waals surface area contributed by atoms with Crippen molar-refractivity contribution in [3.63, 3.8) is 0 Å². The number of hydrogen-bond acceptors (Lipinski definition) is 4. The molecule has 2 heterocycles. The lowest BCUT2D eigenvalue weighted by Crippen LogP contribution is -2.24. The van der Waals surface area contributed by atoms with E-state index in [2.05, 4.69) is 56.2 Å². The molecule has 2 aliphatic rings. The zero-order chi connectivity index (χ0) is 19.8. The smallest absolute Gasteiger partial charge is 0.255 e. The maximum atomic E-state index is 12.9. The number of nitrogens with one attached hydrogen (secondary N) is 2. The maximum absolute atomic E-state index is 12.9. The van der Waals surface area contributed by atoms with Crippen molar-refractivity contribution in [3.8, 4) is 0 Å². The van der Waals surface area contributed by atoms with Crippen molar-refractivity contribution >= 4 is 45.6 Å². The van der Waals surface area contributed by atoms with E-state index < -0.39 is 0 Å². The first kappa shape index (κ1) is 20.4. The minimum atomic E-state index is -0.147. The van der Waals surface area contributed by atoms with Crippen molar-refractivity contribution in [3.05, 3.63) is 72.3 Å². The number of anilines is 3. The van der Waals surface area contributed by atoms with Gasteiger partial charge in [0.2, 0.25) is 0 Å². The number of carbonyl (C=O) groups excluding carboxylic acids is 1. The molecule has 0 fully saturated rings. The number of nitrogens with zero attached hydrogens (tertiary/aromatic N) is 2. The van der Waals surface area contributed by atoms with E-state index in [4.69, 9.17) is 0 Å². The molecular formula is C22H25IN4O. The van der Waals surface area contributed by atoms with E-state index in [0.29, 0.717) is 5.57 Å². The van der Waals surface area contributed by atoms with Gasteiger partial charge in [-0.15, -0.1) is 0 Å². The summed E-state index contributed by atoms with van der Waals surface area (Å²) in [5.74, 6) is -0.147. The molecule has 0 bridgehead atoms. The van der Waals surface area contributed by atoms with Crippen molar-refractivity contribution in [2.75, 3.05) is 33.6 Å². The summed E-state index contributed by atoms with van der Waals surface area (Å²) in [5.41, 5.74) is 4.28. The number of rotatable bonds is 7. The van der Waals surface area contributed by atoms with E-state index in [0.717, 1.165) is 46.6 Å². The number of pyridine rings is 1. The number of halogens is 1. The Hall–Kier alpha value is -2.35. The van der Waals surface area contributed by atoms with Gasteiger partial charge in [-0.25, -0.2) is 0 Å². The van der Waals surface area contributed by atoms with E-state index in [1.54, 1.807) is 6.20 Å². The van der Waals surface area contributed by atoms with Crippen molar-refractivity contribution in [1.29, 1.82) is 0 Å². The summed E-state index contributed by atoms with van der Waals surface area (Å²) in [6.45, 7) is 0.920. The fourth-order valence-electron chi connectivity index (χ4n) is 3.11. The van der Waals surface area contributed by atoms with Gasteiger partial charge in [0.15, 0.2) is 0 Å². The Morgan fingerprint density at radius 1 is 1.25 bits per heavy atom. The summed E-state index contributed by atoms with van der Waals surface area (Å²) in [6.07, 6.45) is 21.9. The maximum Gasteiger partial charge on any atom is 0.255 e. The number of alkyl halides is 1. The molecule has 0 unspecified atom stereocenters. The second kappa shape index (κ2) is 10.3. The van der Waals surface area contributed by atoms with Gasteiger partial charge in [-0.2, -0.15) is 0 Å². The molecule has 1 aromatic heterocycles. The van der Waals surface area contributed by atoms with Crippen LogP contribution >= 0.6 is 22.6 Å². The molecule has 0 atom stereocenters. The highest BCUT2D eigenvalue weighted by Crippen LogP contribution is 2.37. The number of aromatic nitrogens is 1. The third-order valence-corrected chi connectivity index (χ3v) is 5.31. The highest BCUT2D eigenvalue weighted by atomic mass is 127. The van der Waals surface area contributed by atoms with E-state index in [9.17, 15) is 4.79 Å². The molecule has 1 aliphatic heterocycles. The second-order valence-corrected chi connectivity index (χ2v) is 7.69. The molecule has 0 saturated carbocycles. The first-order valence-electron chi connectivity index (χ1n) is 9.44. The number of amides is 1. The van der Waals surface area contributed by atoms with Crippen molar-refractivity contribution in [1.82, 2.24) is 4.98 Å². The van der Waals surface area contributed by atoms with Gasteiger partial charge in [0.05, 0.1) is 29.0 Å². The van der Waals surface area contributed by atoms with Gasteiger partial charge in [0, 0.05) is 25.6 Å². The Labute approximate surface area is 180 Å². The minimum absolute atomic E-state index is 0.147. The van der Waals surface area contributed by atoms with Gasteiger partial charge >= 0.3 is 0 Å². The minimum Gasteiger partial charge on any atom is -0.371 e. The first-order valence-corrected chi connectivity index (χ1v) is 11.0. The lowest BCUT2D eigenvalue weighted by atomic mass is 10.1. The fraction of sp³-hybridized carbons (Fsp3) is 0.273. The summed E-state index contributed by atoms with van der Waals surface area (Å²) in [6, 6.07) is 0. The van der Waals surface area contributed by atoms with E-state index in [1.807, 2.05) is 48.7 Å². The molecule has 146 valence electrons. The van der Waals surface area contributed by atoms with Crippen LogP contribution in [0.1, 0.15) is 18.5 Å². The topological polar surface area (TPSA) is 57.3 Å². The molecule has 5 nitrogen and oxygen atoms in total. The standard InChI is InChI=1S/C22H25IN4O/c1-27(15-8-7-13-23)21-19(16-25-18-12-9-14-24-20(18)21)26-22(28)17-10-5-3-2-4-6-11-17/h2-6,9-11,14,16,24H,7-8,12-13,15H2,1H3,(H,26,28)/b3-2-,4-2?,5-3?,6-4-,10-5?,11-6?,17-10?,17-11?. The number of allylic oxidation sites excluding steroid dienone is 7. The molecule has 2 N–H and O–H groups in total. The molecule has 28 heavy (non-hydrogen) atoms. The van der Waals surface area contributed by atoms with E-state index in [1.165, 1.54) is 6.42 Å². The van der Waals surface area contributed by atoms with Crippen LogP contribution < -0.4 is 15.5 Å². The number of unbranched alkanes of at least 4 members (excludes halogenated alkanes) is 1. The van der Waals surface area contributed by atoms with Crippen LogP contribution in [0.4, 0.5) is 17.1 Å². The molecule has 0 radical (unpaired) electrons. The normalized spacial score (nSPS) is 16.9. The van der Waals surface area contributed by atoms with E-state index >= 15 is 0 Å². The summed E-state index contributed by atoms with van der Waals surface area (Å²) in [7, 11) is 2.07. The van der Waals surface area contributed by atoms with Crippen LogP contribution in [0.5, 0.6) is 0 Å². The van der Waals surface area contributed by atoms with Crippen molar-refractivity contribution in [2.45, 2.75) is 19.3 Å². The average Bonchev–Trinajstić information content (AvgIpc) is 2.67. The first-order chi connectivity index (χ1) is 13.7. The number of carbonyl (C=O) groups is 1. The molecule has 3 rings (SSSR count). The van der Waals surface area contributed by atoms with Crippen LogP contribution in [0.15, 0.2) is 66.6 Å². The highest BCUT2D eigenvalue weighted by Gasteiger charge is 2.20. The molecule has 0 spiro atoms. The third-order valence-electron chi connectivity index (χ3n) is 4.55. The lowest BCUT2D eigenvalue weighted by molar-refractivity contribution is -0.112. The Bertz CT molecular complexity index is 868. The van der Waals surface area contributed by atoms with Crippen LogP contribution in [0.3, 0.4) is 0 Å². The van der Waals surface area contributed by atoms with Gasteiger partial charge in [-0.3, -0.25) is 9.78 Å². The Kier molecular flexibility index (Phi) is 7.47. The van der Waals surface area contributed by atoms with Gasteiger partial charge in [-0.05, 0) is 35.6 Å². The number of hydrogen-bond donors (Lipinski definition) is 2. The highest BCUT2D eigenvalue weighted by molar-refractivity contribution is 14.1. The largest absolute Gasteiger partial charge is 0.371 e. The summed E-state index contributed by atoms with van der Waals surface area (Å²) >= 11 is 2.41. The van der Waals surface area contributed by atoms with Gasteiger partial charge < -0.3 is 15.5 Å². The van der Waals surface area contributed by atoms with Crippen LogP contribution in [0.25, 0.3) is 0 Å².